The molecule has 5 heteroatoms. The van der Waals surface area contributed by atoms with Crippen LogP contribution >= 0.6 is 15.9 Å². The Morgan fingerprint density at radius 1 is 1.33 bits per heavy atom. The number of aromatic nitrogens is 1. The summed E-state index contributed by atoms with van der Waals surface area (Å²) in [4.78, 5) is 15.7. The van der Waals surface area contributed by atoms with Crippen LogP contribution in [0.5, 0.6) is 0 Å². The molecule has 1 aromatic heterocycles. The Kier molecular flexibility index (Phi) is 4.04. The van der Waals surface area contributed by atoms with Crippen molar-refractivity contribution in [3.8, 4) is 0 Å². The van der Waals surface area contributed by atoms with Gasteiger partial charge < -0.3 is 5.32 Å². The number of pyridine rings is 1. The van der Waals surface area contributed by atoms with E-state index in [-0.39, 0.29) is 18.1 Å². The summed E-state index contributed by atoms with van der Waals surface area (Å²) < 4.78 is 14.1. The van der Waals surface area contributed by atoms with E-state index in [4.69, 9.17) is 0 Å². The van der Waals surface area contributed by atoms with E-state index in [1.54, 1.807) is 30.5 Å². The van der Waals surface area contributed by atoms with Gasteiger partial charge in [0.2, 0.25) is 5.91 Å². The number of nitrogens with one attached hydrogen (secondary N) is 1. The largest absolute Gasteiger partial charge is 0.324 e. The van der Waals surface area contributed by atoms with Gasteiger partial charge in [-0.1, -0.05) is 18.2 Å². The molecule has 0 radical (unpaired) electrons. The van der Waals surface area contributed by atoms with Gasteiger partial charge in [0.1, 0.15) is 5.82 Å². The van der Waals surface area contributed by atoms with Gasteiger partial charge in [-0.05, 0) is 33.6 Å². The van der Waals surface area contributed by atoms with Crippen LogP contribution < -0.4 is 5.32 Å². The molecule has 2 aromatic rings. The number of carbonyl (C=O) groups excluding carboxylic acids is 1. The molecule has 0 atom stereocenters. The summed E-state index contributed by atoms with van der Waals surface area (Å²) in [6.45, 7) is 0. The Bertz CT molecular complexity index is 574. The number of hydrogen-bond acceptors (Lipinski definition) is 2. The third kappa shape index (κ3) is 3.37. The van der Waals surface area contributed by atoms with Gasteiger partial charge in [0.25, 0.3) is 0 Å². The van der Waals surface area contributed by atoms with E-state index in [2.05, 4.69) is 26.2 Å². The van der Waals surface area contributed by atoms with Crippen LogP contribution in [0.3, 0.4) is 0 Å². The summed E-state index contributed by atoms with van der Waals surface area (Å²) in [6.07, 6.45) is 3.15. The maximum Gasteiger partial charge on any atom is 0.228 e. The SMILES string of the molecule is O=C(Cc1ccccc1F)Nc1cncc(Br)c1. The number of hydrogen-bond donors (Lipinski definition) is 1. The fourth-order valence-electron chi connectivity index (χ4n) is 1.50. The fourth-order valence-corrected chi connectivity index (χ4v) is 1.86. The maximum atomic E-state index is 13.4. The van der Waals surface area contributed by atoms with Crippen LogP contribution in [-0.4, -0.2) is 10.9 Å². The van der Waals surface area contributed by atoms with Gasteiger partial charge in [-0.3, -0.25) is 9.78 Å². The van der Waals surface area contributed by atoms with Crippen molar-refractivity contribution in [1.29, 1.82) is 0 Å². The van der Waals surface area contributed by atoms with Crippen molar-refractivity contribution in [2.24, 2.45) is 0 Å². The minimum atomic E-state index is -0.375. The summed E-state index contributed by atoms with van der Waals surface area (Å²) in [7, 11) is 0. The summed E-state index contributed by atoms with van der Waals surface area (Å²) in [6, 6.07) is 7.95. The molecule has 0 spiro atoms. The number of carbonyl (C=O) groups is 1. The Hall–Kier alpha value is -1.75. The summed E-state index contributed by atoms with van der Waals surface area (Å²) in [5.74, 6) is -0.653. The molecule has 0 saturated carbocycles. The molecule has 1 amide bonds. The lowest BCUT2D eigenvalue weighted by Gasteiger charge is -2.05. The zero-order valence-electron chi connectivity index (χ0n) is 9.36. The molecule has 92 valence electrons. The first kappa shape index (κ1) is 12.7. The molecule has 1 N–H and O–H groups in total. The Morgan fingerprint density at radius 3 is 2.83 bits per heavy atom. The van der Waals surface area contributed by atoms with E-state index in [1.807, 2.05) is 0 Å². The summed E-state index contributed by atoms with van der Waals surface area (Å²) in [5, 5.41) is 2.66. The van der Waals surface area contributed by atoms with Crippen molar-refractivity contribution in [2.75, 3.05) is 5.32 Å². The van der Waals surface area contributed by atoms with E-state index < -0.39 is 0 Å². The minimum absolute atomic E-state index is 0.000807. The fraction of sp³-hybridized carbons (Fsp3) is 0.0769. The molecule has 0 unspecified atom stereocenters. The molecule has 3 nitrogen and oxygen atoms in total. The average molecular weight is 309 g/mol. The smallest absolute Gasteiger partial charge is 0.228 e. The van der Waals surface area contributed by atoms with E-state index in [0.717, 1.165) is 4.47 Å². The van der Waals surface area contributed by atoms with Crippen LogP contribution in [0, 0.1) is 5.82 Å². The molecular formula is C13H10BrFN2O. The average Bonchev–Trinajstić information content (AvgIpc) is 2.32. The number of benzene rings is 1. The quantitative estimate of drug-likeness (QED) is 0.946. The summed E-state index contributed by atoms with van der Waals surface area (Å²) in [5.41, 5.74) is 0.948. The first-order valence-corrected chi connectivity index (χ1v) is 6.08. The lowest BCUT2D eigenvalue weighted by molar-refractivity contribution is -0.115. The van der Waals surface area contributed by atoms with E-state index in [1.165, 1.54) is 12.3 Å². The monoisotopic (exact) mass is 308 g/mol. The van der Waals surface area contributed by atoms with Crippen LogP contribution in [-0.2, 0) is 11.2 Å². The van der Waals surface area contributed by atoms with E-state index in [9.17, 15) is 9.18 Å². The normalized spacial score (nSPS) is 10.1. The molecule has 0 aliphatic rings. The van der Waals surface area contributed by atoms with Gasteiger partial charge in [-0.15, -0.1) is 0 Å². The number of anilines is 1. The van der Waals surface area contributed by atoms with Crippen LogP contribution in [0.4, 0.5) is 10.1 Å². The Balaban J connectivity index is 2.03. The lowest BCUT2D eigenvalue weighted by Crippen LogP contribution is -2.15. The summed E-state index contributed by atoms with van der Waals surface area (Å²) >= 11 is 3.26. The highest BCUT2D eigenvalue weighted by atomic mass is 79.9. The highest BCUT2D eigenvalue weighted by Crippen LogP contribution is 2.14. The zero-order valence-corrected chi connectivity index (χ0v) is 10.9. The molecule has 18 heavy (non-hydrogen) atoms. The second kappa shape index (κ2) is 5.73. The first-order chi connectivity index (χ1) is 8.65. The number of amides is 1. The maximum absolute atomic E-state index is 13.4. The first-order valence-electron chi connectivity index (χ1n) is 5.29. The molecule has 1 heterocycles. The molecule has 0 bridgehead atoms. The molecule has 0 fully saturated rings. The van der Waals surface area contributed by atoms with Crippen LogP contribution in [0.15, 0.2) is 47.2 Å². The number of rotatable bonds is 3. The van der Waals surface area contributed by atoms with Gasteiger partial charge in [-0.25, -0.2) is 4.39 Å². The predicted octanol–water partition coefficient (Wildman–Crippen LogP) is 3.16. The van der Waals surface area contributed by atoms with Crippen molar-refractivity contribution in [1.82, 2.24) is 4.98 Å². The third-order valence-corrected chi connectivity index (χ3v) is 2.73. The van der Waals surface area contributed by atoms with Gasteiger partial charge in [0, 0.05) is 10.7 Å². The highest BCUT2D eigenvalue weighted by molar-refractivity contribution is 9.10. The van der Waals surface area contributed by atoms with Gasteiger partial charge in [-0.2, -0.15) is 0 Å². The van der Waals surface area contributed by atoms with Crippen molar-refractivity contribution in [3.05, 3.63) is 58.6 Å². The topological polar surface area (TPSA) is 42.0 Å². The van der Waals surface area contributed by atoms with Crippen molar-refractivity contribution < 1.29 is 9.18 Å². The van der Waals surface area contributed by atoms with Crippen LogP contribution in [0.25, 0.3) is 0 Å². The molecule has 0 saturated heterocycles. The van der Waals surface area contributed by atoms with Crippen LogP contribution in [0.1, 0.15) is 5.56 Å². The molecule has 2 rings (SSSR count). The lowest BCUT2D eigenvalue weighted by atomic mass is 10.1. The Labute approximate surface area is 112 Å². The van der Waals surface area contributed by atoms with Gasteiger partial charge in [0.15, 0.2) is 0 Å². The zero-order chi connectivity index (χ0) is 13.0. The van der Waals surface area contributed by atoms with E-state index in [0.29, 0.717) is 11.3 Å². The standard InChI is InChI=1S/C13H10BrFN2O/c14-10-6-11(8-16-7-10)17-13(18)5-9-3-1-2-4-12(9)15/h1-4,6-8H,5H2,(H,17,18). The highest BCUT2D eigenvalue weighted by Gasteiger charge is 2.08. The van der Waals surface area contributed by atoms with Crippen LogP contribution in [0.2, 0.25) is 0 Å². The molecular weight excluding hydrogens is 299 g/mol. The predicted molar refractivity (Wildman–Crippen MR) is 70.7 cm³/mol. The van der Waals surface area contributed by atoms with E-state index >= 15 is 0 Å². The van der Waals surface area contributed by atoms with Crippen molar-refractivity contribution in [3.63, 3.8) is 0 Å². The Morgan fingerprint density at radius 2 is 2.11 bits per heavy atom. The van der Waals surface area contributed by atoms with Gasteiger partial charge >= 0.3 is 0 Å². The molecule has 0 aliphatic carbocycles. The minimum Gasteiger partial charge on any atom is -0.324 e. The number of nitrogens with zero attached hydrogens (tertiary/aromatic N) is 1. The second-order valence-corrected chi connectivity index (χ2v) is 4.62. The van der Waals surface area contributed by atoms with Crippen molar-refractivity contribution >= 4 is 27.5 Å². The van der Waals surface area contributed by atoms with Gasteiger partial charge in [0.05, 0.1) is 18.3 Å². The molecule has 0 aliphatic heterocycles. The third-order valence-electron chi connectivity index (χ3n) is 2.30. The molecule has 1 aromatic carbocycles. The number of halogens is 2. The second-order valence-electron chi connectivity index (χ2n) is 3.71. The van der Waals surface area contributed by atoms with Crippen molar-refractivity contribution in [2.45, 2.75) is 6.42 Å².